The van der Waals surface area contributed by atoms with Crippen molar-refractivity contribution in [2.75, 3.05) is 10.0 Å². The Balaban J connectivity index is 1.62. The molecule has 1 aromatic heterocycles. The molecule has 0 spiro atoms. The molecule has 0 aliphatic carbocycles. The Morgan fingerprint density at radius 1 is 1.10 bits per heavy atom. The normalized spacial score (nSPS) is 12.4. The van der Waals surface area contributed by atoms with E-state index in [9.17, 15) is 13.2 Å². The number of aryl methyl sites for hydroxylation is 1. The van der Waals surface area contributed by atoms with Gasteiger partial charge in [0.25, 0.3) is 10.0 Å². The van der Waals surface area contributed by atoms with Gasteiger partial charge in [-0.05, 0) is 62.4 Å². The highest BCUT2D eigenvalue weighted by Crippen LogP contribution is 2.26. The smallest absolute Gasteiger partial charge is 0.263 e. The Morgan fingerprint density at radius 3 is 2.34 bits per heavy atom. The van der Waals surface area contributed by atoms with Crippen molar-refractivity contribution in [3.05, 3.63) is 58.6 Å². The van der Waals surface area contributed by atoms with Crippen LogP contribution in [0, 0.1) is 6.92 Å². The van der Waals surface area contributed by atoms with Crippen molar-refractivity contribution in [2.45, 2.75) is 28.9 Å². The van der Waals surface area contributed by atoms with E-state index in [2.05, 4.69) is 20.2 Å². The topological polar surface area (TPSA) is 101 Å². The first-order valence-corrected chi connectivity index (χ1v) is 11.9. The van der Waals surface area contributed by atoms with E-state index < -0.39 is 10.0 Å². The third-order valence-electron chi connectivity index (χ3n) is 3.68. The number of carbonyl (C=O) groups excluding carboxylic acids is 1. The number of benzene rings is 2. The number of nitrogens with one attached hydrogen (secondary N) is 2. The lowest BCUT2D eigenvalue weighted by molar-refractivity contribution is -0.115. The second-order valence-electron chi connectivity index (χ2n) is 5.96. The second kappa shape index (κ2) is 9.12. The van der Waals surface area contributed by atoms with E-state index >= 15 is 0 Å². The van der Waals surface area contributed by atoms with Gasteiger partial charge in [-0.15, -0.1) is 22.0 Å². The average Bonchev–Trinajstić information content (AvgIpc) is 3.08. The van der Waals surface area contributed by atoms with Crippen LogP contribution in [-0.2, 0) is 14.8 Å². The van der Waals surface area contributed by atoms with Gasteiger partial charge >= 0.3 is 0 Å². The summed E-state index contributed by atoms with van der Waals surface area (Å²) < 4.78 is 27.2. The van der Waals surface area contributed by atoms with E-state index in [-0.39, 0.29) is 21.2 Å². The molecule has 2 N–H and O–H groups in total. The molecule has 1 heterocycles. The van der Waals surface area contributed by atoms with Crippen LogP contribution in [0.4, 0.5) is 10.8 Å². The summed E-state index contributed by atoms with van der Waals surface area (Å²) in [6, 6.07) is 13.2. The van der Waals surface area contributed by atoms with Gasteiger partial charge in [0.1, 0.15) is 5.01 Å². The van der Waals surface area contributed by atoms with Crippen molar-refractivity contribution < 1.29 is 13.2 Å². The minimum atomic E-state index is -3.78. The van der Waals surface area contributed by atoms with Gasteiger partial charge in [0.15, 0.2) is 0 Å². The summed E-state index contributed by atoms with van der Waals surface area (Å²) in [5.41, 5.74) is 0.504. The standard InChI is InChI=1S/C18H17ClN4O3S3/c1-11(27-15-7-3-13(19)4-8-15)17(24)20-14-5-9-16(10-6-14)29(25,26)23-18-22-21-12(2)28-18/h3-11H,1-2H3,(H,20,24)(H,22,23). The highest BCUT2D eigenvalue weighted by molar-refractivity contribution is 8.00. The summed E-state index contributed by atoms with van der Waals surface area (Å²) in [7, 11) is -3.78. The van der Waals surface area contributed by atoms with Crippen LogP contribution in [0.15, 0.2) is 58.3 Å². The van der Waals surface area contributed by atoms with Crippen molar-refractivity contribution in [2.24, 2.45) is 0 Å². The van der Waals surface area contributed by atoms with E-state index in [0.29, 0.717) is 15.7 Å². The van der Waals surface area contributed by atoms with Gasteiger partial charge in [0.2, 0.25) is 11.0 Å². The number of halogens is 1. The summed E-state index contributed by atoms with van der Waals surface area (Å²) in [5, 5.41) is 11.5. The molecule has 11 heteroatoms. The van der Waals surface area contributed by atoms with Gasteiger partial charge in [-0.25, -0.2) is 8.42 Å². The summed E-state index contributed by atoms with van der Waals surface area (Å²) in [4.78, 5) is 13.4. The number of anilines is 2. The van der Waals surface area contributed by atoms with Crippen LogP contribution >= 0.6 is 34.7 Å². The number of sulfonamides is 1. The van der Waals surface area contributed by atoms with E-state index in [0.717, 1.165) is 16.2 Å². The molecule has 1 amide bonds. The van der Waals surface area contributed by atoms with Crippen molar-refractivity contribution in [1.82, 2.24) is 10.2 Å². The molecule has 0 saturated carbocycles. The molecule has 0 aliphatic heterocycles. The van der Waals surface area contributed by atoms with Crippen molar-refractivity contribution >= 4 is 61.4 Å². The molecule has 7 nitrogen and oxygen atoms in total. The quantitative estimate of drug-likeness (QED) is 0.498. The van der Waals surface area contributed by atoms with Crippen LogP contribution in [0.5, 0.6) is 0 Å². The number of amides is 1. The molecule has 0 bridgehead atoms. The molecule has 152 valence electrons. The minimum Gasteiger partial charge on any atom is -0.325 e. The van der Waals surface area contributed by atoms with Gasteiger partial charge in [-0.2, -0.15) is 0 Å². The fourth-order valence-corrected chi connectivity index (χ4v) is 5.06. The van der Waals surface area contributed by atoms with Crippen LogP contribution in [-0.4, -0.2) is 29.8 Å². The first-order chi connectivity index (χ1) is 13.7. The largest absolute Gasteiger partial charge is 0.325 e. The van der Waals surface area contributed by atoms with Crippen molar-refractivity contribution in [1.29, 1.82) is 0 Å². The van der Waals surface area contributed by atoms with Gasteiger partial charge in [0.05, 0.1) is 10.1 Å². The molecule has 3 rings (SSSR count). The molecule has 1 atom stereocenters. The fraction of sp³-hybridized carbons (Fsp3) is 0.167. The Labute approximate surface area is 182 Å². The van der Waals surface area contributed by atoms with Gasteiger partial charge in [-0.1, -0.05) is 22.9 Å². The number of aromatic nitrogens is 2. The second-order valence-corrected chi connectivity index (χ2v) is 10.7. The highest BCUT2D eigenvalue weighted by Gasteiger charge is 2.18. The Hall–Kier alpha value is -2.14. The molecular formula is C18H17ClN4O3S3. The van der Waals surface area contributed by atoms with E-state index in [1.807, 2.05) is 12.1 Å². The van der Waals surface area contributed by atoms with Gasteiger partial charge < -0.3 is 5.32 Å². The Morgan fingerprint density at radius 2 is 1.76 bits per heavy atom. The lowest BCUT2D eigenvalue weighted by Gasteiger charge is -2.12. The fourth-order valence-electron chi connectivity index (χ4n) is 2.24. The van der Waals surface area contributed by atoms with E-state index in [1.54, 1.807) is 26.0 Å². The minimum absolute atomic E-state index is 0.0620. The average molecular weight is 469 g/mol. The monoisotopic (exact) mass is 468 g/mol. The summed E-state index contributed by atoms with van der Waals surface area (Å²) in [5.74, 6) is -0.192. The molecule has 0 fully saturated rings. The maximum atomic E-state index is 12.4. The van der Waals surface area contributed by atoms with Crippen LogP contribution in [0.25, 0.3) is 0 Å². The van der Waals surface area contributed by atoms with Crippen LogP contribution in [0.2, 0.25) is 5.02 Å². The molecular weight excluding hydrogens is 452 g/mol. The van der Waals surface area contributed by atoms with Crippen LogP contribution in [0.3, 0.4) is 0 Å². The highest BCUT2D eigenvalue weighted by atomic mass is 35.5. The van der Waals surface area contributed by atoms with E-state index in [1.165, 1.54) is 36.0 Å². The summed E-state index contributed by atoms with van der Waals surface area (Å²) in [6.45, 7) is 3.53. The number of rotatable bonds is 7. The maximum Gasteiger partial charge on any atom is 0.263 e. The lowest BCUT2D eigenvalue weighted by atomic mass is 10.3. The zero-order chi connectivity index (χ0) is 21.0. The van der Waals surface area contributed by atoms with Gasteiger partial charge in [0, 0.05) is 15.6 Å². The first kappa shape index (κ1) is 21.6. The molecule has 0 aliphatic rings. The number of thioether (sulfide) groups is 1. The summed E-state index contributed by atoms with van der Waals surface area (Å²) >= 11 is 8.42. The third kappa shape index (κ3) is 5.92. The third-order valence-corrected chi connectivity index (χ3v) is 7.28. The van der Waals surface area contributed by atoms with Crippen molar-refractivity contribution in [3.8, 4) is 0 Å². The molecule has 0 saturated heterocycles. The molecule has 1 unspecified atom stereocenters. The maximum absolute atomic E-state index is 12.4. The predicted octanol–water partition coefficient (Wildman–Crippen LogP) is 4.42. The van der Waals surface area contributed by atoms with E-state index in [4.69, 9.17) is 11.6 Å². The number of hydrogen-bond acceptors (Lipinski definition) is 7. The number of hydrogen-bond donors (Lipinski definition) is 2. The number of nitrogens with zero attached hydrogens (tertiary/aromatic N) is 2. The molecule has 3 aromatic rings. The Bertz CT molecular complexity index is 1100. The first-order valence-electron chi connectivity index (χ1n) is 8.39. The zero-order valence-electron chi connectivity index (χ0n) is 15.4. The summed E-state index contributed by atoms with van der Waals surface area (Å²) in [6.07, 6.45) is 0. The van der Waals surface area contributed by atoms with Crippen LogP contribution in [0.1, 0.15) is 11.9 Å². The molecule has 0 radical (unpaired) electrons. The SMILES string of the molecule is Cc1nnc(NS(=O)(=O)c2ccc(NC(=O)C(C)Sc3ccc(Cl)cc3)cc2)s1. The van der Waals surface area contributed by atoms with Crippen LogP contribution < -0.4 is 10.0 Å². The molecule has 2 aromatic carbocycles. The molecule has 29 heavy (non-hydrogen) atoms. The van der Waals surface area contributed by atoms with Gasteiger partial charge in [-0.3, -0.25) is 9.52 Å². The Kier molecular flexibility index (Phi) is 6.78. The van der Waals surface area contributed by atoms with Crippen molar-refractivity contribution in [3.63, 3.8) is 0 Å². The lowest BCUT2D eigenvalue weighted by Crippen LogP contribution is -2.22. The number of carbonyl (C=O) groups is 1. The predicted molar refractivity (Wildman–Crippen MR) is 117 cm³/mol. The zero-order valence-corrected chi connectivity index (χ0v) is 18.6.